The molecule has 0 heterocycles. The van der Waals surface area contributed by atoms with Crippen molar-refractivity contribution in [1.29, 1.82) is 0 Å². The highest BCUT2D eigenvalue weighted by molar-refractivity contribution is 6.35. The van der Waals surface area contributed by atoms with Crippen LogP contribution in [0.1, 0.15) is 0 Å². The van der Waals surface area contributed by atoms with E-state index in [1.807, 2.05) is 0 Å². The van der Waals surface area contributed by atoms with Crippen molar-refractivity contribution < 1.29 is 0 Å². The van der Waals surface area contributed by atoms with Gasteiger partial charge in [0.1, 0.15) is 0 Å². The monoisotopic (exact) mass is 199 g/mol. The summed E-state index contributed by atoms with van der Waals surface area (Å²) >= 11 is 11.6. The predicted molar refractivity (Wildman–Crippen MR) is 53.8 cm³/mol. The summed E-state index contributed by atoms with van der Waals surface area (Å²) in [7, 11) is 0. The van der Waals surface area contributed by atoms with E-state index in [9.17, 15) is 0 Å². The van der Waals surface area contributed by atoms with Gasteiger partial charge >= 0.3 is 0 Å². The van der Waals surface area contributed by atoms with Gasteiger partial charge in [-0.1, -0.05) is 29.1 Å². The summed E-state index contributed by atoms with van der Waals surface area (Å²) in [6.07, 6.45) is 5.08. The van der Waals surface area contributed by atoms with Crippen LogP contribution < -0.4 is 5.32 Å². The second kappa shape index (κ2) is 4.25. The summed E-state index contributed by atoms with van der Waals surface area (Å²) in [5, 5.41) is 4.21. The SMILES string of the molecule is C#CCNc1cc(Cl)ccc1Cl. The van der Waals surface area contributed by atoms with Crippen LogP contribution in [0.5, 0.6) is 0 Å². The molecule has 0 amide bonds. The third kappa shape index (κ3) is 2.34. The summed E-state index contributed by atoms with van der Waals surface area (Å²) in [5.74, 6) is 2.45. The van der Waals surface area contributed by atoms with Crippen molar-refractivity contribution in [1.82, 2.24) is 0 Å². The van der Waals surface area contributed by atoms with Crippen LogP contribution in [-0.4, -0.2) is 6.54 Å². The Kier molecular flexibility index (Phi) is 3.28. The molecule has 1 aromatic rings. The van der Waals surface area contributed by atoms with Gasteiger partial charge in [-0.3, -0.25) is 0 Å². The van der Waals surface area contributed by atoms with Gasteiger partial charge < -0.3 is 5.32 Å². The van der Waals surface area contributed by atoms with Gasteiger partial charge in [-0.2, -0.15) is 0 Å². The number of halogens is 2. The van der Waals surface area contributed by atoms with Gasteiger partial charge in [0.05, 0.1) is 17.3 Å². The lowest BCUT2D eigenvalue weighted by atomic mass is 10.3. The molecule has 12 heavy (non-hydrogen) atoms. The maximum atomic E-state index is 5.84. The molecule has 1 N–H and O–H groups in total. The average Bonchev–Trinajstić information content (AvgIpc) is 2.07. The van der Waals surface area contributed by atoms with Gasteiger partial charge in [0.25, 0.3) is 0 Å². The van der Waals surface area contributed by atoms with E-state index in [2.05, 4.69) is 11.2 Å². The van der Waals surface area contributed by atoms with Crippen LogP contribution in [-0.2, 0) is 0 Å². The second-order valence-electron chi connectivity index (χ2n) is 2.18. The first-order valence-electron chi connectivity index (χ1n) is 3.36. The summed E-state index contributed by atoms with van der Waals surface area (Å²) in [6.45, 7) is 0.445. The van der Waals surface area contributed by atoms with Crippen molar-refractivity contribution in [2.24, 2.45) is 0 Å². The van der Waals surface area contributed by atoms with Gasteiger partial charge in [-0.15, -0.1) is 6.42 Å². The topological polar surface area (TPSA) is 12.0 Å². The van der Waals surface area contributed by atoms with Crippen molar-refractivity contribution in [2.45, 2.75) is 0 Å². The fourth-order valence-corrected chi connectivity index (χ4v) is 1.14. The first kappa shape index (κ1) is 9.25. The van der Waals surface area contributed by atoms with E-state index in [-0.39, 0.29) is 0 Å². The minimum Gasteiger partial charge on any atom is -0.373 e. The first-order valence-corrected chi connectivity index (χ1v) is 4.12. The molecule has 0 aromatic heterocycles. The zero-order valence-electron chi connectivity index (χ0n) is 6.27. The van der Waals surface area contributed by atoms with Crippen molar-refractivity contribution in [3.8, 4) is 12.3 Å². The van der Waals surface area contributed by atoms with E-state index in [1.54, 1.807) is 18.2 Å². The molecule has 1 rings (SSSR count). The zero-order chi connectivity index (χ0) is 8.97. The standard InChI is InChI=1S/C9H7Cl2N/c1-2-5-12-9-6-7(10)3-4-8(9)11/h1,3-4,6,12H,5H2. The molecule has 0 unspecified atom stereocenters. The molecule has 0 saturated carbocycles. The molecule has 62 valence electrons. The summed E-state index contributed by atoms with van der Waals surface area (Å²) < 4.78 is 0. The zero-order valence-corrected chi connectivity index (χ0v) is 7.78. The van der Waals surface area contributed by atoms with Crippen LogP contribution in [0.4, 0.5) is 5.69 Å². The number of terminal acetylenes is 1. The number of anilines is 1. The molecule has 0 aliphatic rings. The van der Waals surface area contributed by atoms with Gasteiger partial charge in [-0.25, -0.2) is 0 Å². The average molecular weight is 200 g/mol. The molecule has 0 bridgehead atoms. The van der Waals surface area contributed by atoms with Crippen LogP contribution in [0.2, 0.25) is 10.0 Å². The lowest BCUT2D eigenvalue weighted by Crippen LogP contribution is -1.98. The number of benzene rings is 1. The molecule has 0 aliphatic carbocycles. The van der Waals surface area contributed by atoms with Crippen LogP contribution in [0.3, 0.4) is 0 Å². The largest absolute Gasteiger partial charge is 0.373 e. The van der Waals surface area contributed by atoms with E-state index in [4.69, 9.17) is 29.6 Å². The molecule has 0 fully saturated rings. The molecule has 0 spiro atoms. The Morgan fingerprint density at radius 2 is 2.17 bits per heavy atom. The second-order valence-corrected chi connectivity index (χ2v) is 3.03. The number of hydrogen-bond donors (Lipinski definition) is 1. The summed E-state index contributed by atoms with van der Waals surface area (Å²) in [5.41, 5.74) is 0.766. The molecule has 0 saturated heterocycles. The highest BCUT2D eigenvalue weighted by atomic mass is 35.5. The van der Waals surface area contributed by atoms with Crippen LogP contribution in [0, 0.1) is 12.3 Å². The molecular weight excluding hydrogens is 193 g/mol. The molecular formula is C9H7Cl2N. The Morgan fingerprint density at radius 1 is 1.42 bits per heavy atom. The van der Waals surface area contributed by atoms with Crippen LogP contribution in [0.25, 0.3) is 0 Å². The maximum Gasteiger partial charge on any atom is 0.0763 e. The van der Waals surface area contributed by atoms with Gasteiger partial charge in [0.2, 0.25) is 0 Å². The van der Waals surface area contributed by atoms with E-state index in [0.29, 0.717) is 16.6 Å². The highest BCUT2D eigenvalue weighted by Crippen LogP contribution is 2.24. The lowest BCUT2D eigenvalue weighted by Gasteiger charge is -2.04. The molecule has 3 heteroatoms. The molecule has 1 nitrogen and oxygen atoms in total. The smallest absolute Gasteiger partial charge is 0.0763 e. The quantitative estimate of drug-likeness (QED) is 0.723. The van der Waals surface area contributed by atoms with Crippen molar-refractivity contribution in [2.75, 3.05) is 11.9 Å². The summed E-state index contributed by atoms with van der Waals surface area (Å²) in [4.78, 5) is 0. The van der Waals surface area contributed by atoms with Crippen molar-refractivity contribution in [3.05, 3.63) is 28.2 Å². The number of nitrogens with one attached hydrogen (secondary N) is 1. The summed E-state index contributed by atoms with van der Waals surface area (Å²) in [6, 6.07) is 5.19. The normalized spacial score (nSPS) is 9.08. The van der Waals surface area contributed by atoms with Crippen LogP contribution >= 0.6 is 23.2 Å². The minimum atomic E-state index is 0.445. The Hall–Kier alpha value is -0.840. The Morgan fingerprint density at radius 3 is 2.83 bits per heavy atom. The first-order chi connectivity index (χ1) is 5.74. The number of hydrogen-bond acceptors (Lipinski definition) is 1. The molecule has 0 radical (unpaired) electrons. The third-order valence-electron chi connectivity index (χ3n) is 1.31. The van der Waals surface area contributed by atoms with E-state index in [1.165, 1.54) is 0 Å². The molecule has 1 aromatic carbocycles. The molecule has 0 atom stereocenters. The minimum absolute atomic E-state index is 0.445. The number of rotatable bonds is 2. The van der Waals surface area contributed by atoms with E-state index >= 15 is 0 Å². The Labute approximate surface area is 81.7 Å². The fourth-order valence-electron chi connectivity index (χ4n) is 0.779. The van der Waals surface area contributed by atoms with Gasteiger partial charge in [0, 0.05) is 5.02 Å². The lowest BCUT2D eigenvalue weighted by molar-refractivity contribution is 1.38. The highest BCUT2D eigenvalue weighted by Gasteiger charge is 1.98. The molecule has 0 aliphatic heterocycles. The van der Waals surface area contributed by atoms with Crippen LogP contribution in [0.15, 0.2) is 18.2 Å². The van der Waals surface area contributed by atoms with E-state index in [0.717, 1.165) is 5.69 Å². The Bertz CT molecular complexity index is 315. The van der Waals surface area contributed by atoms with Gasteiger partial charge in [0.15, 0.2) is 0 Å². The predicted octanol–water partition coefficient (Wildman–Crippen LogP) is 3.04. The Balaban J connectivity index is 2.84. The fraction of sp³-hybridized carbons (Fsp3) is 0.111. The van der Waals surface area contributed by atoms with Gasteiger partial charge in [-0.05, 0) is 18.2 Å². The van der Waals surface area contributed by atoms with Crippen molar-refractivity contribution in [3.63, 3.8) is 0 Å². The maximum absolute atomic E-state index is 5.84. The van der Waals surface area contributed by atoms with E-state index < -0.39 is 0 Å². The van der Waals surface area contributed by atoms with Crippen molar-refractivity contribution >= 4 is 28.9 Å². The third-order valence-corrected chi connectivity index (χ3v) is 1.87.